The summed E-state index contributed by atoms with van der Waals surface area (Å²) in [7, 11) is 0. The Labute approximate surface area is 150 Å². The van der Waals surface area contributed by atoms with Gasteiger partial charge in [0.25, 0.3) is 5.91 Å². The van der Waals surface area contributed by atoms with E-state index in [1.54, 1.807) is 18.2 Å². The highest BCUT2D eigenvalue weighted by atomic mass is 35.5. The Kier molecular flexibility index (Phi) is 6.22. The number of carbonyl (C=O) groups is 1. The molecule has 0 fully saturated rings. The fourth-order valence-corrected chi connectivity index (χ4v) is 2.18. The molecule has 0 radical (unpaired) electrons. The van der Waals surface area contributed by atoms with Gasteiger partial charge >= 0.3 is 0 Å². The van der Waals surface area contributed by atoms with E-state index in [1.807, 2.05) is 31.2 Å². The summed E-state index contributed by atoms with van der Waals surface area (Å²) in [6.45, 7) is 2.52. The minimum Gasteiger partial charge on any atom is -0.494 e. The van der Waals surface area contributed by atoms with E-state index in [9.17, 15) is 4.79 Å². The first-order valence-corrected chi connectivity index (χ1v) is 7.93. The van der Waals surface area contributed by atoms with Crippen LogP contribution in [-0.2, 0) is 0 Å². The Balaban J connectivity index is 2.20. The van der Waals surface area contributed by atoms with Crippen molar-refractivity contribution in [3.05, 3.63) is 53.1 Å². The zero-order chi connectivity index (χ0) is 17.5. The minimum absolute atomic E-state index is 0.0293. The lowest BCUT2D eigenvalue weighted by molar-refractivity contribution is 0.0945. The predicted octanol–water partition coefficient (Wildman–Crippen LogP) is 2.96. The van der Waals surface area contributed by atoms with Crippen LogP contribution in [0.25, 0.3) is 0 Å². The summed E-state index contributed by atoms with van der Waals surface area (Å²) in [4.78, 5) is 12.2. The molecule has 2 aromatic rings. The third-order valence-corrected chi connectivity index (χ3v) is 3.31. The quantitative estimate of drug-likeness (QED) is 0.482. The SMILES string of the molecule is CCOc1ccc(Nc2cc(Cl)ccc2C(=O)NNC(N)=S)cc1. The first kappa shape index (κ1) is 17.8. The molecule has 0 bridgehead atoms. The van der Waals surface area contributed by atoms with Crippen LogP contribution in [-0.4, -0.2) is 17.6 Å². The highest BCUT2D eigenvalue weighted by Crippen LogP contribution is 2.26. The van der Waals surface area contributed by atoms with Crippen LogP contribution < -0.4 is 26.6 Å². The van der Waals surface area contributed by atoms with Crippen molar-refractivity contribution in [1.82, 2.24) is 10.9 Å². The standard InChI is InChI=1S/C16H17ClN4O2S/c1-2-23-12-6-4-11(5-7-12)19-14-9-10(17)3-8-13(14)15(22)20-21-16(18)24/h3-9,19H,2H2,1H3,(H,20,22)(H3,18,21,24). The largest absolute Gasteiger partial charge is 0.494 e. The molecular formula is C16H17ClN4O2S. The molecule has 0 heterocycles. The summed E-state index contributed by atoms with van der Waals surface area (Å²) < 4.78 is 5.40. The van der Waals surface area contributed by atoms with Gasteiger partial charge in [-0.1, -0.05) is 11.6 Å². The number of rotatable bonds is 5. The summed E-state index contributed by atoms with van der Waals surface area (Å²) in [5.74, 6) is 0.376. The van der Waals surface area contributed by atoms with Gasteiger partial charge in [-0.25, -0.2) is 0 Å². The predicted molar refractivity (Wildman–Crippen MR) is 99.7 cm³/mol. The van der Waals surface area contributed by atoms with Gasteiger partial charge in [0.05, 0.1) is 17.9 Å². The lowest BCUT2D eigenvalue weighted by Crippen LogP contribution is -2.44. The average molecular weight is 365 g/mol. The lowest BCUT2D eigenvalue weighted by atomic mass is 10.1. The number of anilines is 2. The maximum absolute atomic E-state index is 12.2. The molecule has 0 aliphatic heterocycles. The molecule has 6 nitrogen and oxygen atoms in total. The van der Waals surface area contributed by atoms with E-state index in [0.717, 1.165) is 11.4 Å². The van der Waals surface area contributed by atoms with Crippen LogP contribution in [0.3, 0.4) is 0 Å². The number of hydrogen-bond acceptors (Lipinski definition) is 4. The summed E-state index contributed by atoms with van der Waals surface area (Å²) in [5, 5.41) is 3.63. The van der Waals surface area contributed by atoms with E-state index >= 15 is 0 Å². The summed E-state index contributed by atoms with van der Waals surface area (Å²) in [5.41, 5.74) is 11.8. The topological polar surface area (TPSA) is 88.4 Å². The van der Waals surface area contributed by atoms with Crippen molar-refractivity contribution in [2.45, 2.75) is 6.92 Å². The van der Waals surface area contributed by atoms with Crippen molar-refractivity contribution in [1.29, 1.82) is 0 Å². The Morgan fingerprint density at radius 1 is 1.21 bits per heavy atom. The van der Waals surface area contributed by atoms with Crippen LogP contribution in [0.2, 0.25) is 5.02 Å². The van der Waals surface area contributed by atoms with E-state index < -0.39 is 5.91 Å². The first-order chi connectivity index (χ1) is 11.5. The highest BCUT2D eigenvalue weighted by Gasteiger charge is 2.12. The van der Waals surface area contributed by atoms with Gasteiger partial charge in [-0.2, -0.15) is 0 Å². The van der Waals surface area contributed by atoms with Gasteiger partial charge in [0.15, 0.2) is 5.11 Å². The third-order valence-electron chi connectivity index (χ3n) is 2.97. The number of benzene rings is 2. The molecule has 0 saturated heterocycles. The normalized spacial score (nSPS) is 9.92. The third kappa shape index (κ3) is 5.00. The van der Waals surface area contributed by atoms with Gasteiger partial charge < -0.3 is 15.8 Å². The fraction of sp³-hybridized carbons (Fsp3) is 0.125. The van der Waals surface area contributed by atoms with E-state index in [2.05, 4.69) is 28.4 Å². The van der Waals surface area contributed by atoms with Crippen molar-refractivity contribution < 1.29 is 9.53 Å². The van der Waals surface area contributed by atoms with E-state index in [1.165, 1.54) is 0 Å². The van der Waals surface area contributed by atoms with Gasteiger partial charge in [0.2, 0.25) is 0 Å². The second-order valence-electron chi connectivity index (χ2n) is 4.72. The van der Waals surface area contributed by atoms with E-state index in [0.29, 0.717) is 22.9 Å². The van der Waals surface area contributed by atoms with Crippen LogP contribution in [0.1, 0.15) is 17.3 Å². The molecule has 24 heavy (non-hydrogen) atoms. The smallest absolute Gasteiger partial charge is 0.271 e. The second-order valence-corrected chi connectivity index (χ2v) is 5.59. The van der Waals surface area contributed by atoms with Gasteiger partial charge in [-0.05, 0) is 61.6 Å². The Hall–Kier alpha value is -2.51. The second kappa shape index (κ2) is 8.37. The highest BCUT2D eigenvalue weighted by molar-refractivity contribution is 7.80. The molecule has 1 amide bonds. The van der Waals surface area contributed by atoms with Crippen molar-refractivity contribution in [3.8, 4) is 5.75 Å². The van der Waals surface area contributed by atoms with Crippen molar-refractivity contribution in [2.75, 3.05) is 11.9 Å². The molecule has 0 atom stereocenters. The van der Waals surface area contributed by atoms with Crippen LogP contribution in [0.4, 0.5) is 11.4 Å². The Morgan fingerprint density at radius 3 is 2.54 bits per heavy atom. The molecule has 2 aromatic carbocycles. The number of nitrogens with two attached hydrogens (primary N) is 1. The monoisotopic (exact) mass is 364 g/mol. The van der Waals surface area contributed by atoms with E-state index in [-0.39, 0.29) is 5.11 Å². The number of amides is 1. The maximum atomic E-state index is 12.2. The number of hydrogen-bond donors (Lipinski definition) is 4. The molecular weight excluding hydrogens is 348 g/mol. The number of halogens is 1. The average Bonchev–Trinajstić information content (AvgIpc) is 2.55. The molecule has 0 aromatic heterocycles. The van der Waals surface area contributed by atoms with Crippen LogP contribution in [0, 0.1) is 0 Å². The maximum Gasteiger partial charge on any atom is 0.271 e. The Bertz CT molecular complexity index is 737. The minimum atomic E-state index is -0.395. The molecule has 5 N–H and O–H groups in total. The van der Waals surface area contributed by atoms with Crippen molar-refractivity contribution in [3.63, 3.8) is 0 Å². The molecule has 0 spiro atoms. The number of nitrogens with one attached hydrogen (secondary N) is 3. The molecule has 0 aliphatic rings. The zero-order valence-electron chi connectivity index (χ0n) is 12.9. The first-order valence-electron chi connectivity index (χ1n) is 7.15. The summed E-state index contributed by atoms with van der Waals surface area (Å²) in [6.07, 6.45) is 0. The van der Waals surface area contributed by atoms with Gasteiger partial charge in [-0.15, -0.1) is 0 Å². The lowest BCUT2D eigenvalue weighted by Gasteiger charge is -2.14. The van der Waals surface area contributed by atoms with Gasteiger partial charge in [0, 0.05) is 10.7 Å². The van der Waals surface area contributed by atoms with Gasteiger partial charge in [0.1, 0.15) is 5.75 Å². The van der Waals surface area contributed by atoms with Crippen LogP contribution >= 0.6 is 23.8 Å². The summed E-state index contributed by atoms with van der Waals surface area (Å²) >= 11 is 10.7. The Morgan fingerprint density at radius 2 is 1.92 bits per heavy atom. The molecule has 8 heteroatoms. The summed E-state index contributed by atoms with van der Waals surface area (Å²) in [6, 6.07) is 12.3. The number of carbonyl (C=O) groups excluding carboxylic acids is 1. The number of ether oxygens (including phenoxy) is 1. The number of thiocarbonyl (C=S) groups is 1. The zero-order valence-corrected chi connectivity index (χ0v) is 14.5. The molecule has 0 aliphatic carbocycles. The molecule has 0 unspecified atom stereocenters. The van der Waals surface area contributed by atoms with Crippen LogP contribution in [0.15, 0.2) is 42.5 Å². The van der Waals surface area contributed by atoms with Crippen LogP contribution in [0.5, 0.6) is 5.75 Å². The number of hydrazine groups is 1. The molecule has 126 valence electrons. The van der Waals surface area contributed by atoms with Crippen molar-refractivity contribution >= 4 is 46.2 Å². The molecule has 0 saturated carbocycles. The fourth-order valence-electron chi connectivity index (χ4n) is 1.96. The van der Waals surface area contributed by atoms with Crippen molar-refractivity contribution in [2.24, 2.45) is 5.73 Å². The van der Waals surface area contributed by atoms with E-state index in [4.69, 9.17) is 22.1 Å². The molecule has 2 rings (SSSR count). The van der Waals surface area contributed by atoms with Gasteiger partial charge in [-0.3, -0.25) is 15.6 Å².